The molecule has 2 aromatic heterocycles. The molecule has 0 aliphatic carbocycles. The van der Waals surface area contributed by atoms with Crippen molar-refractivity contribution in [3.05, 3.63) is 60.2 Å². The van der Waals surface area contributed by atoms with Gasteiger partial charge in [0.2, 0.25) is 5.82 Å². The van der Waals surface area contributed by atoms with Crippen molar-refractivity contribution in [1.82, 2.24) is 15.1 Å². The zero-order valence-electron chi connectivity index (χ0n) is 12.2. The smallest absolute Gasteiger partial charge is 0.251 e. The minimum absolute atomic E-state index is 0.250. The molecular formula is C16H13N3O3S. The predicted octanol–water partition coefficient (Wildman–Crippen LogP) is 2.71. The highest BCUT2D eigenvalue weighted by Gasteiger charge is 2.10. The van der Waals surface area contributed by atoms with Gasteiger partial charge >= 0.3 is 0 Å². The van der Waals surface area contributed by atoms with E-state index < -0.39 is 9.84 Å². The maximum absolute atomic E-state index is 11.4. The molecule has 3 aromatic rings. The van der Waals surface area contributed by atoms with E-state index in [0.29, 0.717) is 17.3 Å². The lowest BCUT2D eigenvalue weighted by Gasteiger charge is -1.98. The first kappa shape index (κ1) is 15.1. The molecule has 1 aromatic carbocycles. The highest BCUT2D eigenvalue weighted by atomic mass is 32.2. The zero-order valence-corrected chi connectivity index (χ0v) is 13.1. The van der Waals surface area contributed by atoms with Crippen LogP contribution in [0.4, 0.5) is 0 Å². The standard InChI is InChI=1S/C16H13N3O3S/c1-23(20,21)14-8-5-12(6-9-14)16-18-15(22-19-16)10-7-13-4-2-3-11-17-13/h2-11H,1H3. The first-order chi connectivity index (χ1) is 11.0. The maximum atomic E-state index is 11.4. The number of rotatable bonds is 4. The van der Waals surface area contributed by atoms with Gasteiger partial charge in [-0.25, -0.2) is 8.42 Å². The third-order valence-electron chi connectivity index (χ3n) is 3.07. The van der Waals surface area contributed by atoms with Crippen LogP contribution in [0.5, 0.6) is 0 Å². The third-order valence-corrected chi connectivity index (χ3v) is 4.20. The Kier molecular flexibility index (Phi) is 4.03. The molecule has 0 amide bonds. The summed E-state index contributed by atoms with van der Waals surface area (Å²) >= 11 is 0. The molecule has 0 bridgehead atoms. The fourth-order valence-corrected chi connectivity index (χ4v) is 2.53. The summed E-state index contributed by atoms with van der Waals surface area (Å²) in [6, 6.07) is 11.9. The van der Waals surface area contributed by atoms with Crippen molar-refractivity contribution in [3.63, 3.8) is 0 Å². The average molecular weight is 327 g/mol. The fourth-order valence-electron chi connectivity index (χ4n) is 1.90. The van der Waals surface area contributed by atoms with E-state index in [9.17, 15) is 8.42 Å². The van der Waals surface area contributed by atoms with E-state index in [2.05, 4.69) is 15.1 Å². The van der Waals surface area contributed by atoms with Gasteiger partial charge in [-0.15, -0.1) is 0 Å². The van der Waals surface area contributed by atoms with Crippen molar-refractivity contribution in [2.24, 2.45) is 0 Å². The summed E-state index contributed by atoms with van der Waals surface area (Å²) in [6.45, 7) is 0. The van der Waals surface area contributed by atoms with Crippen molar-refractivity contribution >= 4 is 22.0 Å². The SMILES string of the molecule is CS(=O)(=O)c1ccc(-c2noc(C=Cc3ccccn3)n2)cc1. The normalized spacial score (nSPS) is 11.9. The number of hydrogen-bond acceptors (Lipinski definition) is 6. The van der Waals surface area contributed by atoms with Gasteiger partial charge in [0.25, 0.3) is 5.89 Å². The molecule has 0 N–H and O–H groups in total. The van der Waals surface area contributed by atoms with E-state index in [4.69, 9.17) is 4.52 Å². The number of sulfone groups is 1. The minimum atomic E-state index is -3.22. The second-order valence-electron chi connectivity index (χ2n) is 4.84. The number of nitrogens with zero attached hydrogens (tertiary/aromatic N) is 3. The lowest BCUT2D eigenvalue weighted by atomic mass is 10.2. The Bertz CT molecular complexity index is 930. The van der Waals surface area contributed by atoms with Crippen molar-refractivity contribution in [2.45, 2.75) is 4.90 Å². The van der Waals surface area contributed by atoms with Gasteiger partial charge in [0.15, 0.2) is 9.84 Å². The molecule has 0 aliphatic heterocycles. The van der Waals surface area contributed by atoms with Crippen LogP contribution in [0.15, 0.2) is 58.1 Å². The van der Waals surface area contributed by atoms with Crippen LogP contribution in [0.1, 0.15) is 11.6 Å². The Hall–Kier alpha value is -2.80. The van der Waals surface area contributed by atoms with E-state index in [1.54, 1.807) is 30.5 Å². The summed E-state index contributed by atoms with van der Waals surface area (Å²) < 4.78 is 28.0. The van der Waals surface area contributed by atoms with E-state index in [1.165, 1.54) is 12.1 Å². The van der Waals surface area contributed by atoms with E-state index in [0.717, 1.165) is 11.9 Å². The molecule has 0 atom stereocenters. The van der Waals surface area contributed by atoms with Gasteiger partial charge in [-0.1, -0.05) is 11.2 Å². The van der Waals surface area contributed by atoms with E-state index in [-0.39, 0.29) is 4.90 Å². The predicted molar refractivity (Wildman–Crippen MR) is 86.0 cm³/mol. The van der Waals surface area contributed by atoms with Gasteiger partial charge in [0.1, 0.15) is 0 Å². The Morgan fingerprint density at radius 1 is 1.04 bits per heavy atom. The van der Waals surface area contributed by atoms with E-state index in [1.807, 2.05) is 18.2 Å². The molecule has 7 heteroatoms. The molecule has 2 heterocycles. The van der Waals surface area contributed by atoms with Gasteiger partial charge < -0.3 is 4.52 Å². The average Bonchev–Trinajstić information content (AvgIpc) is 3.02. The summed E-state index contributed by atoms with van der Waals surface area (Å²) in [7, 11) is -3.22. The summed E-state index contributed by atoms with van der Waals surface area (Å²) in [4.78, 5) is 8.65. The van der Waals surface area contributed by atoms with Gasteiger partial charge in [0, 0.05) is 24.1 Å². The molecule has 0 fully saturated rings. The van der Waals surface area contributed by atoms with E-state index >= 15 is 0 Å². The van der Waals surface area contributed by atoms with Crippen molar-refractivity contribution in [3.8, 4) is 11.4 Å². The fraction of sp³-hybridized carbons (Fsp3) is 0.0625. The first-order valence-electron chi connectivity index (χ1n) is 6.76. The molecule has 0 aliphatic rings. The molecule has 0 saturated heterocycles. The van der Waals surface area contributed by atoms with Crippen LogP contribution in [0.3, 0.4) is 0 Å². The summed E-state index contributed by atoms with van der Waals surface area (Å²) in [5.41, 5.74) is 1.46. The zero-order chi connectivity index (χ0) is 16.3. The molecule has 0 saturated carbocycles. The lowest BCUT2D eigenvalue weighted by molar-refractivity contribution is 0.411. The van der Waals surface area contributed by atoms with Crippen LogP contribution in [0.2, 0.25) is 0 Å². The molecule has 0 unspecified atom stereocenters. The van der Waals surface area contributed by atoms with Crippen LogP contribution >= 0.6 is 0 Å². The summed E-state index contributed by atoms with van der Waals surface area (Å²) in [5.74, 6) is 0.739. The number of benzene rings is 1. The molecule has 0 spiro atoms. The van der Waals surface area contributed by atoms with Crippen molar-refractivity contribution in [1.29, 1.82) is 0 Å². The first-order valence-corrected chi connectivity index (χ1v) is 8.65. The maximum Gasteiger partial charge on any atom is 0.251 e. The largest absolute Gasteiger partial charge is 0.334 e. The lowest BCUT2D eigenvalue weighted by Crippen LogP contribution is -1.96. The van der Waals surface area contributed by atoms with Gasteiger partial charge in [0.05, 0.1) is 10.6 Å². The molecule has 3 rings (SSSR count). The van der Waals surface area contributed by atoms with Crippen molar-refractivity contribution < 1.29 is 12.9 Å². The van der Waals surface area contributed by atoms with Crippen LogP contribution < -0.4 is 0 Å². The number of aromatic nitrogens is 3. The summed E-state index contributed by atoms with van der Waals surface area (Å²) in [5, 5.41) is 3.88. The monoisotopic (exact) mass is 327 g/mol. The second-order valence-corrected chi connectivity index (χ2v) is 6.86. The second kappa shape index (κ2) is 6.13. The number of hydrogen-bond donors (Lipinski definition) is 0. The number of pyridine rings is 1. The van der Waals surface area contributed by atoms with Gasteiger partial charge in [-0.3, -0.25) is 4.98 Å². The Labute approximate surface area is 133 Å². The molecular weight excluding hydrogens is 314 g/mol. The topological polar surface area (TPSA) is 86.0 Å². The Morgan fingerprint density at radius 3 is 2.48 bits per heavy atom. The molecule has 6 nitrogen and oxygen atoms in total. The molecule has 0 radical (unpaired) electrons. The van der Waals surface area contributed by atoms with Crippen LogP contribution in [0, 0.1) is 0 Å². The Morgan fingerprint density at radius 2 is 1.83 bits per heavy atom. The minimum Gasteiger partial charge on any atom is -0.334 e. The third kappa shape index (κ3) is 3.70. The highest BCUT2D eigenvalue weighted by Crippen LogP contribution is 2.19. The van der Waals surface area contributed by atoms with Crippen LogP contribution in [0.25, 0.3) is 23.5 Å². The molecule has 23 heavy (non-hydrogen) atoms. The van der Waals surface area contributed by atoms with Crippen LogP contribution in [-0.2, 0) is 9.84 Å². The quantitative estimate of drug-likeness (QED) is 0.732. The van der Waals surface area contributed by atoms with Crippen molar-refractivity contribution in [2.75, 3.05) is 6.26 Å². The molecule has 116 valence electrons. The summed E-state index contributed by atoms with van der Waals surface area (Å²) in [6.07, 6.45) is 6.30. The Balaban J connectivity index is 1.81. The van der Waals surface area contributed by atoms with Crippen LogP contribution in [-0.4, -0.2) is 29.8 Å². The van der Waals surface area contributed by atoms with Gasteiger partial charge in [-0.05, 0) is 42.5 Å². The van der Waals surface area contributed by atoms with Gasteiger partial charge in [-0.2, -0.15) is 4.98 Å². The highest BCUT2D eigenvalue weighted by molar-refractivity contribution is 7.90.